The average Bonchev–Trinajstić information content (AvgIpc) is 2.01. The van der Waals surface area contributed by atoms with Gasteiger partial charge >= 0.3 is 0 Å². The predicted octanol–water partition coefficient (Wildman–Crippen LogP) is 3.43. The first-order chi connectivity index (χ1) is 5.89. The molecule has 0 radical (unpaired) electrons. The Bertz CT molecular complexity index is 129. The van der Waals surface area contributed by atoms with E-state index < -0.39 is 0 Å². The molecule has 0 aromatic rings. The third kappa shape index (κ3) is 5.69. The zero-order chi connectivity index (χ0) is 10.5. The molecule has 0 amide bonds. The highest BCUT2D eigenvalue weighted by Gasteiger charge is 2.26. The number of alkyl halides is 1. The van der Waals surface area contributed by atoms with E-state index in [1.54, 1.807) is 0 Å². The second kappa shape index (κ2) is 6.02. The summed E-state index contributed by atoms with van der Waals surface area (Å²) in [5.41, 5.74) is 0. The summed E-state index contributed by atoms with van der Waals surface area (Å²) >= 11 is 3.73. The normalized spacial score (nSPS) is 17.1. The van der Waals surface area contributed by atoms with E-state index in [0.717, 1.165) is 19.0 Å². The van der Waals surface area contributed by atoms with Crippen LogP contribution in [0.15, 0.2) is 0 Å². The van der Waals surface area contributed by atoms with Crippen molar-refractivity contribution in [3.8, 4) is 0 Å². The molecule has 1 N–H and O–H groups in total. The molecule has 0 aromatic heterocycles. The summed E-state index contributed by atoms with van der Waals surface area (Å²) in [4.78, 5) is 0. The molecule has 2 heteroatoms. The van der Waals surface area contributed by atoms with Crippen LogP contribution in [0.5, 0.6) is 0 Å². The number of nitrogens with one attached hydrogen (secondary N) is 1. The molecule has 13 heavy (non-hydrogen) atoms. The van der Waals surface area contributed by atoms with Crippen LogP contribution < -0.4 is 5.32 Å². The van der Waals surface area contributed by atoms with Crippen molar-refractivity contribution in [2.45, 2.75) is 45.4 Å². The van der Waals surface area contributed by atoms with E-state index in [2.05, 4.69) is 55.9 Å². The van der Waals surface area contributed by atoms with Crippen LogP contribution in [0.1, 0.15) is 41.0 Å². The topological polar surface area (TPSA) is 12.0 Å². The van der Waals surface area contributed by atoms with Crippen molar-refractivity contribution in [1.29, 1.82) is 0 Å². The Morgan fingerprint density at radius 3 is 2.23 bits per heavy atom. The van der Waals surface area contributed by atoms with Gasteiger partial charge in [-0.15, -0.1) is 0 Å². The van der Waals surface area contributed by atoms with Gasteiger partial charge in [-0.25, -0.2) is 0 Å². The summed E-state index contributed by atoms with van der Waals surface area (Å²) in [5.74, 6) is 1.41. The molecule has 0 rings (SSSR count). The molecule has 0 aliphatic heterocycles. The van der Waals surface area contributed by atoms with Gasteiger partial charge in [0.05, 0.1) is 0 Å². The molecule has 1 nitrogen and oxygen atoms in total. The molecule has 2 unspecified atom stereocenters. The first-order valence-electron chi connectivity index (χ1n) is 5.29. The molecule has 0 spiro atoms. The summed E-state index contributed by atoms with van der Waals surface area (Å²) in [6.45, 7) is 13.6. The van der Waals surface area contributed by atoms with Crippen LogP contribution in [0.2, 0.25) is 0 Å². The fourth-order valence-corrected chi connectivity index (χ4v) is 1.81. The zero-order valence-corrected chi connectivity index (χ0v) is 11.2. The van der Waals surface area contributed by atoms with Crippen molar-refractivity contribution >= 4 is 15.9 Å². The van der Waals surface area contributed by atoms with E-state index in [1.807, 2.05) is 0 Å². The summed E-state index contributed by atoms with van der Waals surface area (Å²) in [6, 6.07) is 0. The third-order valence-electron chi connectivity index (χ3n) is 2.83. The van der Waals surface area contributed by atoms with Gasteiger partial charge in [0.1, 0.15) is 0 Å². The van der Waals surface area contributed by atoms with Gasteiger partial charge in [-0.05, 0) is 45.2 Å². The molecule has 0 aliphatic rings. The van der Waals surface area contributed by atoms with Gasteiger partial charge in [0.2, 0.25) is 0 Å². The lowest BCUT2D eigenvalue weighted by molar-refractivity contribution is 0.317. The monoisotopic (exact) mass is 249 g/mol. The van der Waals surface area contributed by atoms with Gasteiger partial charge in [-0.1, -0.05) is 36.7 Å². The van der Waals surface area contributed by atoms with E-state index >= 15 is 0 Å². The molecule has 2 atom stereocenters. The highest BCUT2D eigenvalue weighted by Crippen LogP contribution is 2.31. The SMILES string of the molecule is CCCNCC(C)C(C)C(C)(C)Br. The van der Waals surface area contributed by atoms with Crippen molar-refractivity contribution in [2.75, 3.05) is 13.1 Å². The zero-order valence-electron chi connectivity index (χ0n) is 9.65. The highest BCUT2D eigenvalue weighted by atomic mass is 79.9. The maximum Gasteiger partial charge on any atom is 0.0230 e. The lowest BCUT2D eigenvalue weighted by Gasteiger charge is -2.30. The van der Waals surface area contributed by atoms with E-state index in [1.165, 1.54) is 6.42 Å². The summed E-state index contributed by atoms with van der Waals surface area (Å²) in [7, 11) is 0. The van der Waals surface area contributed by atoms with Gasteiger partial charge in [0.15, 0.2) is 0 Å². The van der Waals surface area contributed by atoms with Crippen LogP contribution in [0.3, 0.4) is 0 Å². The molecule has 80 valence electrons. The van der Waals surface area contributed by atoms with Gasteiger partial charge < -0.3 is 5.32 Å². The molecule has 0 aliphatic carbocycles. The molecule has 0 aromatic carbocycles. The van der Waals surface area contributed by atoms with Gasteiger partial charge in [-0.3, -0.25) is 0 Å². The van der Waals surface area contributed by atoms with E-state index in [-0.39, 0.29) is 4.32 Å². The molecular weight excluding hydrogens is 226 g/mol. The van der Waals surface area contributed by atoms with E-state index in [4.69, 9.17) is 0 Å². The van der Waals surface area contributed by atoms with Crippen molar-refractivity contribution in [3.05, 3.63) is 0 Å². The fraction of sp³-hybridized carbons (Fsp3) is 1.00. The van der Waals surface area contributed by atoms with Gasteiger partial charge in [-0.2, -0.15) is 0 Å². The van der Waals surface area contributed by atoms with Crippen molar-refractivity contribution in [2.24, 2.45) is 11.8 Å². The second-order valence-electron chi connectivity index (χ2n) is 4.53. The Kier molecular flexibility index (Phi) is 6.23. The van der Waals surface area contributed by atoms with Crippen LogP contribution in [-0.4, -0.2) is 17.4 Å². The Hall–Kier alpha value is 0.440. The number of halogens is 1. The van der Waals surface area contributed by atoms with Crippen LogP contribution in [0.4, 0.5) is 0 Å². The quantitative estimate of drug-likeness (QED) is 0.562. The summed E-state index contributed by atoms with van der Waals surface area (Å²) in [5, 5.41) is 3.47. The van der Waals surface area contributed by atoms with Crippen LogP contribution >= 0.6 is 15.9 Å². The van der Waals surface area contributed by atoms with Crippen LogP contribution in [0.25, 0.3) is 0 Å². The molecule has 0 saturated heterocycles. The highest BCUT2D eigenvalue weighted by molar-refractivity contribution is 9.10. The minimum Gasteiger partial charge on any atom is -0.316 e. The fourth-order valence-electron chi connectivity index (χ4n) is 1.36. The van der Waals surface area contributed by atoms with Crippen molar-refractivity contribution in [3.63, 3.8) is 0 Å². The van der Waals surface area contributed by atoms with E-state index in [0.29, 0.717) is 5.92 Å². The van der Waals surface area contributed by atoms with Crippen LogP contribution in [0, 0.1) is 11.8 Å². The van der Waals surface area contributed by atoms with Crippen molar-refractivity contribution < 1.29 is 0 Å². The molecular formula is C11H24BrN. The standard InChI is InChI=1S/C11H24BrN/c1-6-7-13-8-9(2)10(3)11(4,5)12/h9-10,13H,6-8H2,1-5H3. The lowest BCUT2D eigenvalue weighted by Crippen LogP contribution is -2.33. The maximum atomic E-state index is 3.73. The molecule has 0 bridgehead atoms. The summed E-state index contributed by atoms with van der Waals surface area (Å²) in [6.07, 6.45) is 1.22. The first-order valence-corrected chi connectivity index (χ1v) is 6.08. The molecule has 0 fully saturated rings. The Morgan fingerprint density at radius 1 is 1.31 bits per heavy atom. The molecule has 0 heterocycles. The van der Waals surface area contributed by atoms with Crippen LogP contribution in [-0.2, 0) is 0 Å². The third-order valence-corrected chi connectivity index (χ3v) is 3.55. The Morgan fingerprint density at radius 2 is 1.85 bits per heavy atom. The molecule has 0 saturated carbocycles. The minimum absolute atomic E-state index is 0.250. The average molecular weight is 250 g/mol. The smallest absolute Gasteiger partial charge is 0.0230 e. The predicted molar refractivity (Wildman–Crippen MR) is 64.5 cm³/mol. The van der Waals surface area contributed by atoms with Gasteiger partial charge in [0.25, 0.3) is 0 Å². The van der Waals surface area contributed by atoms with Crippen molar-refractivity contribution in [1.82, 2.24) is 5.32 Å². The maximum absolute atomic E-state index is 3.73. The van der Waals surface area contributed by atoms with E-state index in [9.17, 15) is 0 Å². The Labute approximate surface area is 91.8 Å². The summed E-state index contributed by atoms with van der Waals surface area (Å²) < 4.78 is 0.250. The lowest BCUT2D eigenvalue weighted by atomic mass is 9.86. The number of hydrogen-bond donors (Lipinski definition) is 1. The second-order valence-corrected chi connectivity index (χ2v) is 6.58. The first kappa shape index (κ1) is 13.4. The number of hydrogen-bond acceptors (Lipinski definition) is 1. The minimum atomic E-state index is 0.250. The largest absolute Gasteiger partial charge is 0.316 e. The number of rotatable bonds is 6. The van der Waals surface area contributed by atoms with Gasteiger partial charge in [0, 0.05) is 4.32 Å². The Balaban J connectivity index is 3.76.